The van der Waals surface area contributed by atoms with Gasteiger partial charge in [0, 0.05) is 12.2 Å². The highest BCUT2D eigenvalue weighted by Gasteiger charge is 2.47. The van der Waals surface area contributed by atoms with E-state index in [1.165, 1.54) is 0 Å². The molecule has 2 aliphatic rings. The summed E-state index contributed by atoms with van der Waals surface area (Å²) in [6.45, 7) is 0.0909. The lowest BCUT2D eigenvalue weighted by atomic mass is 10.2. The quantitative estimate of drug-likeness (QED) is 0.768. The van der Waals surface area contributed by atoms with Crippen molar-refractivity contribution in [2.75, 3.05) is 6.54 Å². The van der Waals surface area contributed by atoms with Crippen LogP contribution in [0.1, 0.15) is 0 Å². The largest absolute Gasteiger partial charge is 0.486 e. The monoisotopic (exact) mass is 291 g/mol. The maximum atomic E-state index is 11.4. The van der Waals surface area contributed by atoms with E-state index in [2.05, 4.69) is 0 Å². The maximum Gasteiger partial charge on any atom is 0.350 e. The average Bonchev–Trinajstić information content (AvgIpc) is 2.73. The molecule has 0 saturated carbocycles. The molecule has 1 N–H and O–H groups in total. The van der Waals surface area contributed by atoms with E-state index in [4.69, 9.17) is 14.3 Å². The van der Waals surface area contributed by atoms with Crippen LogP contribution in [-0.4, -0.2) is 47.1 Å². The normalized spacial score (nSPS) is 30.6. The van der Waals surface area contributed by atoms with Crippen LogP contribution >= 0.6 is 0 Å². The molecular formula is C14H13NO6. The van der Waals surface area contributed by atoms with Crippen LogP contribution in [0.4, 0.5) is 0 Å². The molecule has 0 spiro atoms. The van der Waals surface area contributed by atoms with Gasteiger partial charge in [-0.3, -0.25) is 0 Å². The van der Waals surface area contributed by atoms with E-state index in [1.807, 2.05) is 6.07 Å². The maximum absolute atomic E-state index is 11.4. The van der Waals surface area contributed by atoms with Crippen molar-refractivity contribution in [3.8, 4) is 5.75 Å². The zero-order valence-corrected chi connectivity index (χ0v) is 10.9. The molecule has 2 heterocycles. The fourth-order valence-corrected chi connectivity index (χ4v) is 2.18. The van der Waals surface area contributed by atoms with Crippen LogP contribution in [-0.2, 0) is 19.2 Å². The Hall–Kier alpha value is -2.38. The Morgan fingerprint density at radius 1 is 1.14 bits per heavy atom. The summed E-state index contributed by atoms with van der Waals surface area (Å²) in [5.41, 5.74) is 0. The first-order valence-corrected chi connectivity index (χ1v) is 6.40. The van der Waals surface area contributed by atoms with Crippen molar-refractivity contribution in [3.05, 3.63) is 42.5 Å². The highest BCUT2D eigenvalue weighted by atomic mass is 16.8. The van der Waals surface area contributed by atoms with Crippen LogP contribution < -0.4 is 4.74 Å². The van der Waals surface area contributed by atoms with Crippen molar-refractivity contribution >= 4 is 11.9 Å². The number of carbonyl (C=O) groups is 2. The van der Waals surface area contributed by atoms with E-state index in [1.54, 1.807) is 24.3 Å². The Labute approximate surface area is 120 Å². The summed E-state index contributed by atoms with van der Waals surface area (Å²) in [5, 5.41) is 11.3. The van der Waals surface area contributed by atoms with Gasteiger partial charge >= 0.3 is 11.9 Å². The fraction of sp³-hybridized carbons (Fsp3) is 0.286. The van der Waals surface area contributed by atoms with Crippen molar-refractivity contribution in [1.82, 2.24) is 5.06 Å². The molecule has 1 aromatic carbocycles. The van der Waals surface area contributed by atoms with Gasteiger partial charge in [0.1, 0.15) is 18.0 Å². The SMILES string of the molecule is O=C1/C=C/C(=O)ON2CC(Oc3ccccc3)C(O)C2O1. The minimum Gasteiger partial charge on any atom is -0.486 e. The zero-order chi connectivity index (χ0) is 14.8. The molecular weight excluding hydrogens is 278 g/mol. The van der Waals surface area contributed by atoms with E-state index >= 15 is 0 Å². The molecule has 110 valence electrons. The molecule has 7 heteroatoms. The summed E-state index contributed by atoms with van der Waals surface area (Å²) in [7, 11) is 0. The zero-order valence-electron chi connectivity index (χ0n) is 10.9. The van der Waals surface area contributed by atoms with Crippen LogP contribution in [0, 0.1) is 0 Å². The molecule has 2 aliphatic heterocycles. The topological polar surface area (TPSA) is 85.3 Å². The van der Waals surface area contributed by atoms with E-state index in [0.717, 1.165) is 17.2 Å². The molecule has 3 rings (SSSR count). The van der Waals surface area contributed by atoms with E-state index in [-0.39, 0.29) is 6.54 Å². The van der Waals surface area contributed by atoms with Crippen molar-refractivity contribution in [3.63, 3.8) is 0 Å². The number of aliphatic hydroxyl groups excluding tert-OH is 1. The minimum absolute atomic E-state index is 0.0909. The van der Waals surface area contributed by atoms with Crippen molar-refractivity contribution in [1.29, 1.82) is 0 Å². The lowest BCUT2D eigenvalue weighted by molar-refractivity contribution is -0.234. The van der Waals surface area contributed by atoms with Crippen molar-refractivity contribution in [2.45, 2.75) is 18.4 Å². The van der Waals surface area contributed by atoms with Gasteiger partial charge in [-0.1, -0.05) is 23.3 Å². The molecule has 0 aliphatic carbocycles. The van der Waals surface area contributed by atoms with E-state index in [9.17, 15) is 14.7 Å². The summed E-state index contributed by atoms with van der Waals surface area (Å²) in [5.74, 6) is -0.863. The molecule has 1 fully saturated rings. The van der Waals surface area contributed by atoms with Gasteiger partial charge in [0.15, 0.2) is 0 Å². The molecule has 21 heavy (non-hydrogen) atoms. The highest BCUT2D eigenvalue weighted by molar-refractivity contribution is 5.92. The number of rotatable bonds is 2. The standard InChI is InChI=1S/C14H13NO6/c16-11-6-7-12(17)21-15-8-10(13(18)14(15)20-11)19-9-4-2-1-3-5-9/h1-7,10,13-14,18H,8H2/b7-6+. The highest BCUT2D eigenvalue weighted by Crippen LogP contribution is 2.25. The number of carbonyl (C=O) groups excluding carboxylic acids is 2. The van der Waals surface area contributed by atoms with Gasteiger partial charge in [-0.25, -0.2) is 9.59 Å². The van der Waals surface area contributed by atoms with Gasteiger partial charge in [0.2, 0.25) is 6.23 Å². The number of hydroxylamine groups is 2. The second-order valence-electron chi connectivity index (χ2n) is 4.63. The Bertz CT molecular complexity index is 572. The molecule has 0 amide bonds. The summed E-state index contributed by atoms with van der Waals surface area (Å²) in [6, 6.07) is 8.91. The Morgan fingerprint density at radius 2 is 1.86 bits per heavy atom. The third-order valence-corrected chi connectivity index (χ3v) is 3.15. The number of hydrogen-bond acceptors (Lipinski definition) is 7. The van der Waals surface area contributed by atoms with Crippen molar-refractivity contribution in [2.24, 2.45) is 0 Å². The molecule has 0 radical (unpaired) electrons. The molecule has 1 saturated heterocycles. The number of fused-ring (bicyclic) bond motifs is 1. The average molecular weight is 291 g/mol. The summed E-state index contributed by atoms with van der Waals surface area (Å²) >= 11 is 0. The Balaban J connectivity index is 1.76. The molecule has 0 bridgehead atoms. The summed E-state index contributed by atoms with van der Waals surface area (Å²) in [4.78, 5) is 27.8. The number of nitrogens with zero attached hydrogens (tertiary/aromatic N) is 1. The van der Waals surface area contributed by atoms with Crippen LogP contribution in [0.5, 0.6) is 5.75 Å². The molecule has 3 unspecified atom stereocenters. The molecule has 7 nitrogen and oxygen atoms in total. The van der Waals surface area contributed by atoms with E-state index in [0.29, 0.717) is 5.75 Å². The molecule has 0 aromatic heterocycles. The lowest BCUT2D eigenvalue weighted by Crippen LogP contribution is -2.42. The van der Waals surface area contributed by atoms with E-state index < -0.39 is 30.4 Å². The van der Waals surface area contributed by atoms with Crippen LogP contribution in [0.25, 0.3) is 0 Å². The van der Waals surface area contributed by atoms with Gasteiger partial charge in [-0.2, -0.15) is 0 Å². The van der Waals surface area contributed by atoms with Crippen molar-refractivity contribution < 1.29 is 29.0 Å². The summed E-state index contributed by atoms with van der Waals surface area (Å²) < 4.78 is 10.7. The van der Waals surface area contributed by atoms with Crippen LogP contribution in [0.15, 0.2) is 42.5 Å². The first kappa shape index (κ1) is 13.6. The third kappa shape index (κ3) is 2.88. The van der Waals surface area contributed by atoms with Crippen LogP contribution in [0.3, 0.4) is 0 Å². The van der Waals surface area contributed by atoms with Crippen LogP contribution in [0.2, 0.25) is 0 Å². The number of esters is 1. The number of para-hydroxylation sites is 1. The number of hydrogen-bond donors (Lipinski definition) is 1. The lowest BCUT2D eigenvalue weighted by Gasteiger charge is -2.24. The second kappa shape index (κ2) is 5.55. The van der Waals surface area contributed by atoms with Gasteiger partial charge in [-0.05, 0) is 12.1 Å². The van der Waals surface area contributed by atoms with Gasteiger partial charge < -0.3 is 19.4 Å². The first-order chi connectivity index (χ1) is 10.1. The fourth-order valence-electron chi connectivity index (χ4n) is 2.18. The Morgan fingerprint density at radius 3 is 2.62 bits per heavy atom. The predicted molar refractivity (Wildman–Crippen MR) is 68.7 cm³/mol. The van der Waals surface area contributed by atoms with Gasteiger partial charge in [0.25, 0.3) is 0 Å². The molecule has 3 atom stereocenters. The Kier molecular flexibility index (Phi) is 3.59. The number of benzene rings is 1. The second-order valence-corrected chi connectivity index (χ2v) is 4.63. The predicted octanol–water partition coefficient (Wildman–Crippen LogP) is 0.00780. The molecule has 1 aromatic rings. The van der Waals surface area contributed by atoms with Gasteiger partial charge in [0.05, 0.1) is 6.54 Å². The smallest absolute Gasteiger partial charge is 0.350 e. The summed E-state index contributed by atoms with van der Waals surface area (Å²) in [6.07, 6.45) is -0.974. The minimum atomic E-state index is -1.13. The number of aliphatic hydroxyl groups is 1. The number of ether oxygens (including phenoxy) is 2. The first-order valence-electron chi connectivity index (χ1n) is 6.40. The van der Waals surface area contributed by atoms with Gasteiger partial charge in [-0.15, -0.1) is 0 Å². The third-order valence-electron chi connectivity index (χ3n) is 3.15.